The van der Waals surface area contributed by atoms with Crippen molar-refractivity contribution < 1.29 is 8.42 Å². The Morgan fingerprint density at radius 2 is 1.83 bits per heavy atom. The Morgan fingerprint density at radius 3 is 2.39 bits per heavy atom. The van der Waals surface area contributed by atoms with Crippen molar-refractivity contribution in [3.63, 3.8) is 0 Å². The van der Waals surface area contributed by atoms with Crippen molar-refractivity contribution in [2.45, 2.75) is 52.5 Å². The molecule has 0 aromatic carbocycles. The van der Waals surface area contributed by atoms with E-state index in [0.717, 1.165) is 38.8 Å². The van der Waals surface area contributed by atoms with Crippen LogP contribution in [0.2, 0.25) is 0 Å². The predicted molar refractivity (Wildman–Crippen MR) is 76.8 cm³/mol. The Morgan fingerprint density at radius 1 is 1.17 bits per heavy atom. The highest BCUT2D eigenvalue weighted by Gasteiger charge is 2.18. The fourth-order valence-electron chi connectivity index (χ4n) is 1.68. The summed E-state index contributed by atoms with van der Waals surface area (Å²) in [5, 5.41) is 3.26. The van der Waals surface area contributed by atoms with Gasteiger partial charge in [-0.2, -0.15) is 17.4 Å². The van der Waals surface area contributed by atoms with Gasteiger partial charge in [-0.05, 0) is 39.3 Å². The Bertz CT molecular complexity index is 294. The van der Waals surface area contributed by atoms with Crippen LogP contribution in [-0.2, 0) is 10.2 Å². The maximum absolute atomic E-state index is 11.9. The Kier molecular flexibility index (Phi) is 9.63. The summed E-state index contributed by atoms with van der Waals surface area (Å²) >= 11 is 0. The van der Waals surface area contributed by atoms with E-state index < -0.39 is 10.2 Å². The van der Waals surface area contributed by atoms with Crippen LogP contribution in [0.25, 0.3) is 0 Å². The molecule has 0 bridgehead atoms. The van der Waals surface area contributed by atoms with Crippen LogP contribution in [0.1, 0.15) is 46.5 Å². The lowest BCUT2D eigenvalue weighted by Gasteiger charge is -2.20. The molecule has 2 N–H and O–H groups in total. The molecule has 0 fully saturated rings. The maximum Gasteiger partial charge on any atom is 0.279 e. The van der Waals surface area contributed by atoms with E-state index in [1.165, 1.54) is 4.31 Å². The van der Waals surface area contributed by atoms with E-state index >= 15 is 0 Å². The molecular weight excluding hydrogens is 250 g/mol. The lowest BCUT2D eigenvalue weighted by atomic mass is 10.2. The SMILES string of the molecule is CCCNCCCN(C)S(=O)(=O)NC(C)CCC. The van der Waals surface area contributed by atoms with Crippen LogP contribution in [0.15, 0.2) is 0 Å². The molecule has 0 aliphatic rings. The number of nitrogens with one attached hydrogen (secondary N) is 2. The molecular formula is C12H29N3O2S. The molecule has 1 unspecified atom stereocenters. The summed E-state index contributed by atoms with van der Waals surface area (Å²) in [6, 6.07) is 0.000617. The Balaban J connectivity index is 3.95. The van der Waals surface area contributed by atoms with Crippen LogP contribution in [0.5, 0.6) is 0 Å². The van der Waals surface area contributed by atoms with Gasteiger partial charge in [-0.3, -0.25) is 0 Å². The molecule has 0 heterocycles. The van der Waals surface area contributed by atoms with E-state index in [2.05, 4.69) is 17.0 Å². The van der Waals surface area contributed by atoms with Gasteiger partial charge in [0, 0.05) is 19.6 Å². The third-order valence-corrected chi connectivity index (χ3v) is 4.44. The topological polar surface area (TPSA) is 61.4 Å². The van der Waals surface area contributed by atoms with E-state index in [9.17, 15) is 8.42 Å². The molecule has 0 radical (unpaired) electrons. The molecule has 1 atom stereocenters. The van der Waals surface area contributed by atoms with Crippen molar-refractivity contribution in [2.24, 2.45) is 0 Å². The van der Waals surface area contributed by atoms with Crippen molar-refractivity contribution in [2.75, 3.05) is 26.7 Å². The summed E-state index contributed by atoms with van der Waals surface area (Å²) in [6.07, 6.45) is 3.78. The minimum Gasteiger partial charge on any atom is -0.317 e. The molecule has 0 aromatic rings. The standard InChI is InChI=1S/C12H29N3O2S/c1-5-8-12(3)14-18(16,17)15(4)11-7-10-13-9-6-2/h12-14H,5-11H2,1-4H3. The molecule has 0 aromatic heterocycles. The fourth-order valence-corrected chi connectivity index (χ4v) is 2.86. The van der Waals surface area contributed by atoms with Crippen molar-refractivity contribution >= 4 is 10.2 Å². The summed E-state index contributed by atoms with van der Waals surface area (Å²) in [5.74, 6) is 0. The first-order valence-corrected chi connectivity index (χ1v) is 8.32. The van der Waals surface area contributed by atoms with Gasteiger partial charge in [-0.25, -0.2) is 0 Å². The van der Waals surface area contributed by atoms with Gasteiger partial charge in [0.25, 0.3) is 10.2 Å². The van der Waals surface area contributed by atoms with Crippen molar-refractivity contribution in [1.82, 2.24) is 14.3 Å². The van der Waals surface area contributed by atoms with E-state index in [1.807, 2.05) is 13.8 Å². The van der Waals surface area contributed by atoms with E-state index in [1.54, 1.807) is 7.05 Å². The van der Waals surface area contributed by atoms with Crippen LogP contribution in [0, 0.1) is 0 Å². The minimum absolute atomic E-state index is 0.000617. The number of nitrogens with zero attached hydrogens (tertiary/aromatic N) is 1. The summed E-state index contributed by atoms with van der Waals surface area (Å²) in [5.41, 5.74) is 0. The number of hydrogen-bond acceptors (Lipinski definition) is 3. The molecule has 6 heteroatoms. The highest BCUT2D eigenvalue weighted by atomic mass is 32.2. The Hall–Kier alpha value is -0.170. The van der Waals surface area contributed by atoms with Gasteiger partial charge in [-0.1, -0.05) is 20.3 Å². The van der Waals surface area contributed by atoms with E-state index in [-0.39, 0.29) is 6.04 Å². The van der Waals surface area contributed by atoms with E-state index in [0.29, 0.717) is 6.54 Å². The smallest absolute Gasteiger partial charge is 0.279 e. The highest BCUT2D eigenvalue weighted by Crippen LogP contribution is 2.01. The largest absolute Gasteiger partial charge is 0.317 e. The second-order valence-electron chi connectivity index (χ2n) is 4.74. The summed E-state index contributed by atoms with van der Waals surface area (Å²) in [6.45, 7) is 8.46. The zero-order valence-electron chi connectivity index (χ0n) is 12.2. The molecule has 0 spiro atoms. The van der Waals surface area contributed by atoms with Gasteiger partial charge in [-0.15, -0.1) is 0 Å². The Labute approximate surface area is 113 Å². The van der Waals surface area contributed by atoms with Gasteiger partial charge in [0.2, 0.25) is 0 Å². The quantitative estimate of drug-likeness (QED) is 0.561. The zero-order valence-corrected chi connectivity index (χ0v) is 13.0. The maximum atomic E-state index is 11.9. The van der Waals surface area contributed by atoms with Gasteiger partial charge >= 0.3 is 0 Å². The second kappa shape index (κ2) is 9.72. The third kappa shape index (κ3) is 8.02. The monoisotopic (exact) mass is 279 g/mol. The minimum atomic E-state index is -3.32. The van der Waals surface area contributed by atoms with Gasteiger partial charge in [0.05, 0.1) is 0 Å². The molecule has 0 aliphatic carbocycles. The first kappa shape index (κ1) is 17.8. The zero-order chi connectivity index (χ0) is 14.0. The van der Waals surface area contributed by atoms with Gasteiger partial charge < -0.3 is 5.32 Å². The molecule has 0 amide bonds. The lowest BCUT2D eigenvalue weighted by molar-refractivity contribution is 0.434. The summed E-state index contributed by atoms with van der Waals surface area (Å²) < 4.78 is 27.9. The van der Waals surface area contributed by atoms with Gasteiger partial charge in [0.15, 0.2) is 0 Å². The first-order chi connectivity index (χ1) is 8.44. The van der Waals surface area contributed by atoms with Crippen molar-refractivity contribution in [1.29, 1.82) is 0 Å². The first-order valence-electron chi connectivity index (χ1n) is 6.88. The average molecular weight is 279 g/mol. The number of hydrogen-bond donors (Lipinski definition) is 2. The molecule has 18 heavy (non-hydrogen) atoms. The molecule has 0 saturated carbocycles. The second-order valence-corrected chi connectivity index (χ2v) is 6.55. The van der Waals surface area contributed by atoms with Crippen LogP contribution >= 0.6 is 0 Å². The van der Waals surface area contributed by atoms with Crippen LogP contribution in [0.4, 0.5) is 0 Å². The molecule has 0 aliphatic heterocycles. The predicted octanol–water partition coefficient (Wildman–Crippen LogP) is 1.33. The molecule has 0 rings (SSSR count). The molecule has 110 valence electrons. The average Bonchev–Trinajstić information content (AvgIpc) is 2.28. The fraction of sp³-hybridized carbons (Fsp3) is 1.00. The number of rotatable bonds is 11. The van der Waals surface area contributed by atoms with Crippen LogP contribution in [-0.4, -0.2) is 45.4 Å². The summed E-state index contributed by atoms with van der Waals surface area (Å²) in [7, 11) is -1.69. The normalized spacial score (nSPS) is 14.1. The van der Waals surface area contributed by atoms with Crippen LogP contribution < -0.4 is 10.0 Å². The highest BCUT2D eigenvalue weighted by molar-refractivity contribution is 7.87. The van der Waals surface area contributed by atoms with E-state index in [4.69, 9.17) is 0 Å². The van der Waals surface area contributed by atoms with Crippen molar-refractivity contribution in [3.05, 3.63) is 0 Å². The third-order valence-electron chi connectivity index (χ3n) is 2.74. The van der Waals surface area contributed by atoms with Gasteiger partial charge in [0.1, 0.15) is 0 Å². The molecule has 0 saturated heterocycles. The van der Waals surface area contributed by atoms with Crippen molar-refractivity contribution in [3.8, 4) is 0 Å². The summed E-state index contributed by atoms with van der Waals surface area (Å²) in [4.78, 5) is 0. The van der Waals surface area contributed by atoms with Crippen LogP contribution in [0.3, 0.4) is 0 Å². The lowest BCUT2D eigenvalue weighted by Crippen LogP contribution is -2.43. The molecule has 5 nitrogen and oxygen atoms in total.